The van der Waals surface area contributed by atoms with Gasteiger partial charge in [-0.25, -0.2) is 0 Å². The lowest BCUT2D eigenvalue weighted by molar-refractivity contribution is 0.0697. The van der Waals surface area contributed by atoms with E-state index >= 15 is 0 Å². The van der Waals surface area contributed by atoms with Crippen molar-refractivity contribution in [3.63, 3.8) is 0 Å². The van der Waals surface area contributed by atoms with Crippen molar-refractivity contribution in [3.05, 3.63) is 57.6 Å². The molecule has 0 atom stereocenters. The van der Waals surface area contributed by atoms with E-state index in [9.17, 15) is 9.59 Å². The smallest absolute Gasteiger partial charge is 0.254 e. The Morgan fingerprint density at radius 2 is 1.55 bits per heavy atom. The van der Waals surface area contributed by atoms with Gasteiger partial charge in [0.25, 0.3) is 11.8 Å². The number of likely N-dealkylation sites (tertiary alicyclic amines) is 1. The first-order valence-electron chi connectivity index (χ1n) is 9.19. The van der Waals surface area contributed by atoms with Crippen LogP contribution >= 0.6 is 23.2 Å². The van der Waals surface area contributed by atoms with E-state index < -0.39 is 0 Å². The Morgan fingerprint density at radius 3 is 2.10 bits per heavy atom. The Hall–Kier alpha value is -2.44. The summed E-state index contributed by atoms with van der Waals surface area (Å²) in [7, 11) is 3.09. The molecule has 0 bridgehead atoms. The predicted molar refractivity (Wildman–Crippen MR) is 112 cm³/mol. The molecule has 154 valence electrons. The van der Waals surface area contributed by atoms with Crippen LogP contribution in [0, 0.1) is 0 Å². The number of nitrogens with one attached hydrogen (secondary N) is 1. The summed E-state index contributed by atoms with van der Waals surface area (Å²) >= 11 is 11.9. The Morgan fingerprint density at radius 1 is 0.931 bits per heavy atom. The minimum absolute atomic E-state index is 0.0131. The van der Waals surface area contributed by atoms with Crippen molar-refractivity contribution >= 4 is 35.0 Å². The summed E-state index contributed by atoms with van der Waals surface area (Å²) < 4.78 is 10.5. The number of carbonyl (C=O) groups is 2. The van der Waals surface area contributed by atoms with Gasteiger partial charge in [-0.15, -0.1) is 0 Å². The molecule has 0 aromatic heterocycles. The molecule has 1 aliphatic heterocycles. The molecule has 0 saturated carbocycles. The Balaban J connectivity index is 1.59. The molecule has 0 spiro atoms. The SMILES string of the molecule is COc1cc(OC)cc(C(=O)N2CCC(NC(=O)c3ccc(Cl)c(Cl)c3)CC2)c1. The van der Waals surface area contributed by atoms with Crippen molar-refractivity contribution < 1.29 is 19.1 Å². The van der Waals surface area contributed by atoms with E-state index in [1.165, 1.54) is 0 Å². The topological polar surface area (TPSA) is 67.9 Å². The third kappa shape index (κ3) is 5.14. The molecule has 1 N–H and O–H groups in total. The van der Waals surface area contributed by atoms with E-state index in [1.807, 2.05) is 0 Å². The summed E-state index contributed by atoms with van der Waals surface area (Å²) in [5.74, 6) is 0.843. The largest absolute Gasteiger partial charge is 0.497 e. The van der Waals surface area contributed by atoms with Crippen LogP contribution in [0.3, 0.4) is 0 Å². The molecule has 1 saturated heterocycles. The summed E-state index contributed by atoms with van der Waals surface area (Å²) in [6, 6.07) is 9.89. The highest BCUT2D eigenvalue weighted by atomic mass is 35.5. The van der Waals surface area contributed by atoms with Crippen molar-refractivity contribution in [2.45, 2.75) is 18.9 Å². The zero-order chi connectivity index (χ0) is 21.0. The fraction of sp³-hybridized carbons (Fsp3) is 0.333. The number of methoxy groups -OCH3 is 2. The number of piperidine rings is 1. The fourth-order valence-corrected chi connectivity index (χ4v) is 3.54. The van der Waals surface area contributed by atoms with Crippen LogP contribution in [-0.2, 0) is 0 Å². The van der Waals surface area contributed by atoms with E-state index in [4.69, 9.17) is 32.7 Å². The van der Waals surface area contributed by atoms with E-state index in [2.05, 4.69) is 5.32 Å². The number of ether oxygens (including phenoxy) is 2. The van der Waals surface area contributed by atoms with Crippen LogP contribution in [0.4, 0.5) is 0 Å². The molecular formula is C21H22Cl2N2O4. The van der Waals surface area contributed by atoms with Gasteiger partial charge in [0.1, 0.15) is 11.5 Å². The number of halogens is 2. The van der Waals surface area contributed by atoms with Crippen molar-refractivity contribution in [2.75, 3.05) is 27.3 Å². The maximum Gasteiger partial charge on any atom is 0.254 e. The summed E-state index contributed by atoms with van der Waals surface area (Å²) in [6.07, 6.45) is 1.33. The number of hydrogen-bond acceptors (Lipinski definition) is 4. The standard InChI is InChI=1S/C21H22Cl2N2O4/c1-28-16-9-14(10-17(12-16)29-2)21(27)25-7-5-15(6-8-25)24-20(26)13-3-4-18(22)19(23)11-13/h3-4,9-12,15H,5-8H2,1-2H3,(H,24,26). The van der Waals surface area contributed by atoms with Gasteiger partial charge in [-0.2, -0.15) is 0 Å². The zero-order valence-electron chi connectivity index (χ0n) is 16.2. The van der Waals surface area contributed by atoms with E-state index in [1.54, 1.807) is 55.5 Å². The third-order valence-corrected chi connectivity index (χ3v) is 5.64. The minimum Gasteiger partial charge on any atom is -0.497 e. The summed E-state index contributed by atoms with van der Waals surface area (Å²) in [5.41, 5.74) is 0.973. The number of rotatable bonds is 5. The van der Waals surface area contributed by atoms with Crippen molar-refractivity contribution in [1.82, 2.24) is 10.2 Å². The second kappa shape index (κ2) is 9.37. The van der Waals surface area contributed by atoms with Gasteiger partial charge >= 0.3 is 0 Å². The number of carbonyl (C=O) groups excluding carboxylic acids is 2. The molecule has 2 aromatic carbocycles. The quantitative estimate of drug-likeness (QED) is 0.767. The van der Waals surface area contributed by atoms with Crippen LogP contribution in [0.2, 0.25) is 10.0 Å². The summed E-state index contributed by atoms with van der Waals surface area (Å²) in [6.45, 7) is 1.09. The number of benzene rings is 2. The molecular weight excluding hydrogens is 415 g/mol. The van der Waals surface area contributed by atoms with Crippen LogP contribution in [0.1, 0.15) is 33.6 Å². The van der Waals surface area contributed by atoms with E-state index in [-0.39, 0.29) is 17.9 Å². The molecule has 0 radical (unpaired) electrons. The maximum absolute atomic E-state index is 12.9. The molecule has 1 heterocycles. The number of amides is 2. The molecule has 2 amide bonds. The number of hydrogen-bond donors (Lipinski definition) is 1. The third-order valence-electron chi connectivity index (χ3n) is 4.90. The molecule has 0 unspecified atom stereocenters. The van der Waals surface area contributed by atoms with Gasteiger partial charge in [0, 0.05) is 36.3 Å². The van der Waals surface area contributed by atoms with E-state index in [0.717, 1.165) is 0 Å². The molecule has 1 aliphatic rings. The first-order valence-corrected chi connectivity index (χ1v) is 9.95. The van der Waals surface area contributed by atoms with Gasteiger partial charge in [-0.05, 0) is 43.2 Å². The molecule has 0 aliphatic carbocycles. The molecule has 3 rings (SSSR count). The Bertz CT molecular complexity index is 889. The van der Waals surface area contributed by atoms with Crippen molar-refractivity contribution in [3.8, 4) is 11.5 Å². The van der Waals surface area contributed by atoms with Crippen LogP contribution in [0.25, 0.3) is 0 Å². The molecule has 8 heteroatoms. The lowest BCUT2D eigenvalue weighted by Gasteiger charge is -2.32. The normalized spacial score (nSPS) is 14.4. The molecule has 2 aromatic rings. The van der Waals surface area contributed by atoms with Crippen molar-refractivity contribution in [2.24, 2.45) is 0 Å². The maximum atomic E-state index is 12.9. The first-order chi connectivity index (χ1) is 13.9. The first kappa shape index (κ1) is 21.3. The zero-order valence-corrected chi connectivity index (χ0v) is 17.7. The van der Waals surface area contributed by atoms with Crippen molar-refractivity contribution in [1.29, 1.82) is 0 Å². The Labute approximate surface area is 179 Å². The highest BCUT2D eigenvalue weighted by Gasteiger charge is 2.25. The van der Waals surface area contributed by atoms with Gasteiger partial charge in [-0.3, -0.25) is 9.59 Å². The lowest BCUT2D eigenvalue weighted by Crippen LogP contribution is -2.46. The van der Waals surface area contributed by atoms with Gasteiger partial charge < -0.3 is 19.7 Å². The fourth-order valence-electron chi connectivity index (χ4n) is 3.25. The second-order valence-electron chi connectivity index (χ2n) is 6.77. The highest BCUT2D eigenvalue weighted by Crippen LogP contribution is 2.25. The van der Waals surface area contributed by atoms with Gasteiger partial charge in [-0.1, -0.05) is 23.2 Å². The number of nitrogens with zero attached hydrogens (tertiary/aromatic N) is 1. The van der Waals surface area contributed by atoms with Gasteiger partial charge in [0.2, 0.25) is 0 Å². The Kier molecular flexibility index (Phi) is 6.87. The highest BCUT2D eigenvalue weighted by molar-refractivity contribution is 6.42. The van der Waals surface area contributed by atoms with E-state index in [0.29, 0.717) is 58.6 Å². The molecule has 6 nitrogen and oxygen atoms in total. The minimum atomic E-state index is -0.203. The summed E-state index contributed by atoms with van der Waals surface area (Å²) in [5, 5.41) is 3.75. The van der Waals surface area contributed by atoms with Crippen LogP contribution in [-0.4, -0.2) is 50.1 Å². The average molecular weight is 437 g/mol. The van der Waals surface area contributed by atoms with Crippen LogP contribution < -0.4 is 14.8 Å². The molecule has 1 fully saturated rings. The average Bonchev–Trinajstić information content (AvgIpc) is 2.75. The van der Waals surface area contributed by atoms with Gasteiger partial charge in [0.05, 0.1) is 24.3 Å². The predicted octanol–water partition coefficient (Wildman–Crippen LogP) is 4.05. The lowest BCUT2D eigenvalue weighted by atomic mass is 10.0. The monoisotopic (exact) mass is 436 g/mol. The summed E-state index contributed by atoms with van der Waals surface area (Å²) in [4.78, 5) is 27.1. The molecule has 29 heavy (non-hydrogen) atoms. The van der Waals surface area contributed by atoms with Crippen LogP contribution in [0.5, 0.6) is 11.5 Å². The van der Waals surface area contributed by atoms with Gasteiger partial charge in [0.15, 0.2) is 0 Å². The second-order valence-corrected chi connectivity index (χ2v) is 7.58. The van der Waals surface area contributed by atoms with Crippen LogP contribution in [0.15, 0.2) is 36.4 Å².